The van der Waals surface area contributed by atoms with Gasteiger partial charge in [0.2, 0.25) is 0 Å². The highest BCUT2D eigenvalue weighted by Crippen LogP contribution is 2.37. The Bertz CT molecular complexity index is 2540. The van der Waals surface area contributed by atoms with Gasteiger partial charge in [0.05, 0.1) is 29.4 Å². The van der Waals surface area contributed by atoms with Crippen molar-refractivity contribution in [2.75, 3.05) is 36.1 Å². The minimum Gasteiger partial charge on any atom is -0.491 e. The van der Waals surface area contributed by atoms with Gasteiger partial charge in [-0.25, -0.2) is 9.36 Å². The van der Waals surface area contributed by atoms with Crippen LogP contribution in [0.5, 0.6) is 5.75 Å². The van der Waals surface area contributed by atoms with Crippen LogP contribution in [0.2, 0.25) is 5.02 Å². The summed E-state index contributed by atoms with van der Waals surface area (Å²) in [6, 6.07) is 31.9. The number of benzene rings is 4. The molecule has 0 saturated heterocycles. The fraction of sp³-hybridized carbons (Fsp3) is 0.333. The Labute approximate surface area is 356 Å². The smallest absolute Gasteiger partial charge is 0.303 e. The molecule has 0 spiro atoms. The first kappa shape index (κ1) is 40.7. The monoisotopic (exact) mass is 823 g/mol. The minimum atomic E-state index is -0.739. The number of nitriles is 1. The van der Waals surface area contributed by atoms with E-state index >= 15 is 0 Å². The number of anilines is 2. The second-order valence-corrected chi connectivity index (χ2v) is 16.2. The molecule has 0 atom stereocenters. The van der Waals surface area contributed by atoms with E-state index in [9.17, 15) is 10.1 Å². The van der Waals surface area contributed by atoms with Crippen LogP contribution in [0.4, 0.5) is 11.6 Å². The topological polar surface area (TPSA) is 133 Å². The molecule has 4 aromatic carbocycles. The number of hydrogen-bond donors (Lipinski definition) is 2. The maximum atomic E-state index is 10.9. The summed E-state index contributed by atoms with van der Waals surface area (Å²) in [7, 11) is 0. The first-order valence-corrected chi connectivity index (χ1v) is 21.2. The van der Waals surface area contributed by atoms with E-state index in [0.29, 0.717) is 35.7 Å². The van der Waals surface area contributed by atoms with E-state index in [1.165, 1.54) is 33.4 Å². The van der Waals surface area contributed by atoms with E-state index < -0.39 is 5.97 Å². The van der Waals surface area contributed by atoms with Crippen LogP contribution in [0.3, 0.4) is 0 Å². The number of rotatable bonds is 15. The molecule has 0 aliphatic carbocycles. The fourth-order valence-electron chi connectivity index (χ4n) is 8.43. The summed E-state index contributed by atoms with van der Waals surface area (Å²) in [6.07, 6.45) is 5.73. The summed E-state index contributed by atoms with van der Waals surface area (Å²) in [5.41, 5.74) is 12.5. The van der Waals surface area contributed by atoms with Gasteiger partial charge in [-0.3, -0.25) is 4.79 Å². The Hall–Kier alpha value is -6.09. The molecular formula is C48H50ClN7O4. The molecule has 0 fully saturated rings. The van der Waals surface area contributed by atoms with Crippen molar-refractivity contribution in [2.24, 2.45) is 0 Å². The third kappa shape index (κ3) is 8.76. The van der Waals surface area contributed by atoms with Crippen molar-refractivity contribution in [1.82, 2.24) is 19.6 Å². The number of carboxylic acids is 1. The summed E-state index contributed by atoms with van der Waals surface area (Å²) in [4.78, 5) is 15.5. The Balaban J connectivity index is 0.994. The number of nitrogens with zero attached hydrogens (tertiary/aromatic N) is 7. The summed E-state index contributed by atoms with van der Waals surface area (Å²) < 4.78 is 9.54. The molecule has 0 bridgehead atoms. The highest BCUT2D eigenvalue weighted by atomic mass is 35.5. The Morgan fingerprint density at radius 1 is 0.767 bits per heavy atom. The first-order chi connectivity index (χ1) is 29.2. The third-order valence-electron chi connectivity index (χ3n) is 11.7. The Morgan fingerprint density at radius 2 is 1.40 bits per heavy atom. The normalized spacial score (nSPS) is 13.5. The van der Waals surface area contributed by atoms with Gasteiger partial charge in [-0.15, -0.1) is 0 Å². The van der Waals surface area contributed by atoms with Crippen LogP contribution in [-0.4, -0.2) is 62.0 Å². The van der Waals surface area contributed by atoms with Crippen LogP contribution in [0, 0.1) is 25.2 Å². The lowest BCUT2D eigenvalue weighted by atomic mass is 9.95. The fourth-order valence-corrected chi connectivity index (χ4v) is 8.76. The highest BCUT2D eigenvalue weighted by Gasteiger charge is 2.28. The van der Waals surface area contributed by atoms with Gasteiger partial charge in [-0.2, -0.15) is 15.5 Å². The van der Waals surface area contributed by atoms with Crippen LogP contribution in [-0.2, 0) is 50.0 Å². The van der Waals surface area contributed by atoms with Gasteiger partial charge >= 0.3 is 5.97 Å². The number of ether oxygens (including phenoxy) is 1. The Morgan fingerprint density at radius 3 is 2.08 bits per heavy atom. The zero-order valence-corrected chi connectivity index (χ0v) is 35.0. The zero-order chi connectivity index (χ0) is 41.8. The Kier molecular flexibility index (Phi) is 12.2. The number of carboxylic acid groups (broad SMARTS) is 1. The van der Waals surface area contributed by atoms with Gasteiger partial charge in [0.1, 0.15) is 29.0 Å². The van der Waals surface area contributed by atoms with Crippen molar-refractivity contribution in [2.45, 2.75) is 78.3 Å². The molecule has 0 radical (unpaired) electrons. The number of aryl methyl sites for hydroxylation is 5. The lowest BCUT2D eigenvalue weighted by molar-refractivity contribution is -0.137. The van der Waals surface area contributed by atoms with E-state index in [1.807, 2.05) is 22.4 Å². The van der Waals surface area contributed by atoms with Gasteiger partial charge < -0.3 is 24.7 Å². The molecule has 4 heterocycles. The van der Waals surface area contributed by atoms with Crippen LogP contribution in [0.15, 0.2) is 84.9 Å². The van der Waals surface area contributed by atoms with Gasteiger partial charge in [-0.05, 0) is 129 Å². The highest BCUT2D eigenvalue weighted by molar-refractivity contribution is 6.33. The number of halogens is 1. The second-order valence-electron chi connectivity index (χ2n) is 15.9. The van der Waals surface area contributed by atoms with Crippen molar-refractivity contribution >= 4 is 29.2 Å². The molecule has 2 aromatic heterocycles. The largest absolute Gasteiger partial charge is 0.491 e. The van der Waals surface area contributed by atoms with Gasteiger partial charge in [-0.1, -0.05) is 65.7 Å². The number of carbonyl (C=O) groups is 1. The van der Waals surface area contributed by atoms with E-state index in [2.05, 4.69) is 102 Å². The standard InChI is InChI=1S/C48H50ClN7O4/c1-32-7-15-40(16-8-32)56-48(54-24-21-36-27-35(9-13-38(36)31-54)5-3-4-6-45(58)59)46(49)44(52-56)20-12-34-10-17-41(18-11-34)55-47(43(29-50)33(2)51-55)53-23-22-37-28-42(60-26-25-57)19-14-39(37)30-53/h7-11,13-19,27-28,57H,3-6,12,20-26,30-31H2,1-2H3,(H,58,59). The summed E-state index contributed by atoms with van der Waals surface area (Å²) in [5, 5.41) is 39.1. The average molecular weight is 824 g/mol. The molecule has 2 aliphatic rings. The van der Waals surface area contributed by atoms with Gasteiger partial charge in [0, 0.05) is 32.6 Å². The molecule has 2 N–H and O–H groups in total. The number of unbranched alkanes of at least 4 members (excludes halogenated alkanes) is 1. The van der Waals surface area contributed by atoms with Crippen LogP contribution >= 0.6 is 11.6 Å². The van der Waals surface area contributed by atoms with Crippen molar-refractivity contribution in [3.63, 3.8) is 0 Å². The van der Waals surface area contributed by atoms with Crippen LogP contribution < -0.4 is 14.5 Å². The molecule has 60 heavy (non-hydrogen) atoms. The van der Waals surface area contributed by atoms with Crippen molar-refractivity contribution in [1.29, 1.82) is 5.26 Å². The van der Waals surface area contributed by atoms with Gasteiger partial charge in [0.25, 0.3) is 0 Å². The molecule has 12 heteroatoms. The van der Waals surface area contributed by atoms with E-state index in [1.54, 1.807) is 0 Å². The van der Waals surface area contributed by atoms with Crippen LogP contribution in [0.1, 0.15) is 75.2 Å². The summed E-state index contributed by atoms with van der Waals surface area (Å²) >= 11 is 7.32. The number of hydrogen-bond acceptors (Lipinski definition) is 8. The van der Waals surface area contributed by atoms with Crippen molar-refractivity contribution < 1.29 is 19.7 Å². The molecule has 2 aliphatic heterocycles. The van der Waals surface area contributed by atoms with E-state index in [0.717, 1.165) is 91.8 Å². The third-order valence-corrected chi connectivity index (χ3v) is 12.1. The SMILES string of the molecule is Cc1ccc(-n2nc(CCc3ccc(-n4nc(C)c(C#N)c4N4CCc5cc(OCCO)ccc5C4)cc3)c(Cl)c2N2CCc3cc(CCCCC(=O)O)ccc3C2)cc1. The van der Waals surface area contributed by atoms with E-state index in [4.69, 9.17) is 36.7 Å². The number of aliphatic hydroxyl groups is 1. The van der Waals surface area contributed by atoms with Crippen molar-refractivity contribution in [3.8, 4) is 23.2 Å². The zero-order valence-electron chi connectivity index (χ0n) is 34.2. The number of aliphatic hydroxyl groups excluding tert-OH is 1. The summed E-state index contributed by atoms with van der Waals surface area (Å²) in [6.45, 7) is 7.11. The predicted molar refractivity (Wildman–Crippen MR) is 234 cm³/mol. The van der Waals surface area contributed by atoms with Crippen molar-refractivity contribution in [3.05, 3.63) is 146 Å². The lowest BCUT2D eigenvalue weighted by Gasteiger charge is -2.31. The number of aliphatic carboxylic acids is 1. The number of aromatic nitrogens is 4. The first-order valence-electron chi connectivity index (χ1n) is 20.8. The van der Waals surface area contributed by atoms with Crippen LogP contribution in [0.25, 0.3) is 11.4 Å². The molecule has 0 amide bonds. The molecule has 0 unspecified atom stereocenters. The van der Waals surface area contributed by atoms with Gasteiger partial charge in [0.15, 0.2) is 11.6 Å². The quantitative estimate of drug-likeness (QED) is 0.0983. The molecule has 6 aromatic rings. The second kappa shape index (κ2) is 18.0. The molecule has 8 rings (SSSR count). The minimum absolute atomic E-state index is 0.0271. The lowest BCUT2D eigenvalue weighted by Crippen LogP contribution is -2.32. The maximum Gasteiger partial charge on any atom is 0.303 e. The molecule has 11 nitrogen and oxygen atoms in total. The maximum absolute atomic E-state index is 10.9. The molecular weight excluding hydrogens is 774 g/mol. The molecule has 308 valence electrons. The predicted octanol–water partition coefficient (Wildman–Crippen LogP) is 8.28. The number of fused-ring (bicyclic) bond motifs is 2. The summed E-state index contributed by atoms with van der Waals surface area (Å²) in [5.74, 6) is 1.71. The molecule has 0 saturated carbocycles. The average Bonchev–Trinajstić information content (AvgIpc) is 3.78. The van der Waals surface area contributed by atoms with E-state index in [-0.39, 0.29) is 19.6 Å².